The first-order chi connectivity index (χ1) is 10.4. The lowest BCUT2D eigenvalue weighted by Gasteiger charge is -2.22. The van der Waals surface area contributed by atoms with Gasteiger partial charge < -0.3 is 19.5 Å². The highest BCUT2D eigenvalue weighted by Crippen LogP contribution is 2.13. The molecule has 0 bridgehead atoms. The topological polar surface area (TPSA) is 89.0 Å². The van der Waals surface area contributed by atoms with Crippen molar-refractivity contribution in [2.75, 3.05) is 33.4 Å². The summed E-state index contributed by atoms with van der Waals surface area (Å²) in [5.41, 5.74) is 0.351. The van der Waals surface area contributed by atoms with Crippen molar-refractivity contribution in [3.63, 3.8) is 0 Å². The first-order valence-corrected chi connectivity index (χ1v) is 7.03. The number of aromatic nitrogens is 1. The van der Waals surface area contributed by atoms with Crippen LogP contribution in [0.1, 0.15) is 24.2 Å². The molecular weight excluding hydrogens is 288 g/mol. The van der Waals surface area contributed by atoms with Crippen LogP contribution in [0.3, 0.4) is 0 Å². The zero-order valence-corrected chi connectivity index (χ0v) is 13.1. The first kappa shape index (κ1) is 17.9. The third kappa shape index (κ3) is 6.09. The van der Waals surface area contributed by atoms with Gasteiger partial charge in [-0.05, 0) is 12.0 Å². The molecule has 0 aliphatic rings. The molecule has 0 fully saturated rings. The van der Waals surface area contributed by atoms with Crippen molar-refractivity contribution >= 4 is 11.9 Å². The summed E-state index contributed by atoms with van der Waals surface area (Å²) in [4.78, 5) is 28.7. The Hall–Kier alpha value is -2.15. The number of hydrogen-bond donors (Lipinski definition) is 1. The van der Waals surface area contributed by atoms with Gasteiger partial charge in [0.1, 0.15) is 13.2 Å². The minimum Gasteiger partial charge on any atom is -0.480 e. The van der Waals surface area contributed by atoms with Crippen LogP contribution in [0.25, 0.3) is 0 Å². The van der Waals surface area contributed by atoms with Crippen molar-refractivity contribution in [2.24, 2.45) is 5.92 Å². The van der Waals surface area contributed by atoms with Crippen molar-refractivity contribution in [1.29, 1.82) is 0 Å². The number of carboxylic acids is 1. The minimum absolute atomic E-state index is 0.169. The number of carboxylic acid groups (broad SMARTS) is 1. The van der Waals surface area contributed by atoms with E-state index in [9.17, 15) is 9.59 Å². The zero-order chi connectivity index (χ0) is 16.5. The average molecular weight is 310 g/mol. The van der Waals surface area contributed by atoms with Crippen LogP contribution in [0.5, 0.6) is 5.88 Å². The fraction of sp³-hybridized carbons (Fsp3) is 0.533. The summed E-state index contributed by atoms with van der Waals surface area (Å²) in [5, 5.41) is 8.95. The van der Waals surface area contributed by atoms with E-state index in [1.807, 2.05) is 13.8 Å². The van der Waals surface area contributed by atoms with Gasteiger partial charge in [0.25, 0.3) is 5.91 Å². The number of nitrogens with zero attached hydrogens (tertiary/aromatic N) is 2. The van der Waals surface area contributed by atoms with E-state index in [-0.39, 0.29) is 18.4 Å². The molecule has 1 aromatic heterocycles. The Kier molecular flexibility index (Phi) is 7.31. The molecule has 1 N–H and O–H groups in total. The molecule has 22 heavy (non-hydrogen) atoms. The molecule has 1 heterocycles. The van der Waals surface area contributed by atoms with Gasteiger partial charge in [0.15, 0.2) is 0 Å². The van der Waals surface area contributed by atoms with Crippen LogP contribution >= 0.6 is 0 Å². The second-order valence-electron chi connectivity index (χ2n) is 5.20. The first-order valence-electron chi connectivity index (χ1n) is 7.03. The summed E-state index contributed by atoms with van der Waals surface area (Å²) in [7, 11) is 1.56. The lowest BCUT2D eigenvalue weighted by molar-refractivity contribution is -0.137. The van der Waals surface area contributed by atoms with Gasteiger partial charge in [0.2, 0.25) is 5.88 Å². The van der Waals surface area contributed by atoms with Gasteiger partial charge in [-0.25, -0.2) is 4.98 Å². The summed E-state index contributed by atoms with van der Waals surface area (Å²) in [6.07, 6.45) is 1.46. The zero-order valence-electron chi connectivity index (χ0n) is 13.1. The van der Waals surface area contributed by atoms with Gasteiger partial charge in [-0.15, -0.1) is 0 Å². The van der Waals surface area contributed by atoms with Crippen molar-refractivity contribution in [1.82, 2.24) is 9.88 Å². The molecule has 0 aromatic carbocycles. The Labute approximate surface area is 129 Å². The number of rotatable bonds is 9. The molecule has 0 saturated carbocycles. The van der Waals surface area contributed by atoms with E-state index in [1.165, 1.54) is 17.2 Å². The number of aliphatic carboxylic acids is 1. The molecule has 7 nitrogen and oxygen atoms in total. The second kappa shape index (κ2) is 8.99. The van der Waals surface area contributed by atoms with Crippen LogP contribution in [0.15, 0.2) is 18.3 Å². The Bertz CT molecular complexity index is 504. The summed E-state index contributed by atoms with van der Waals surface area (Å²) in [6.45, 7) is 4.62. The van der Waals surface area contributed by atoms with Crippen LogP contribution in [0, 0.1) is 5.92 Å². The molecule has 0 atom stereocenters. The lowest BCUT2D eigenvalue weighted by Crippen LogP contribution is -2.38. The Morgan fingerprint density at radius 2 is 2.09 bits per heavy atom. The van der Waals surface area contributed by atoms with E-state index in [2.05, 4.69) is 4.98 Å². The average Bonchev–Trinajstić information content (AvgIpc) is 2.45. The number of carbonyl (C=O) groups is 2. The maximum Gasteiger partial charge on any atom is 0.323 e. The van der Waals surface area contributed by atoms with Gasteiger partial charge >= 0.3 is 5.97 Å². The highest BCUT2D eigenvalue weighted by molar-refractivity contribution is 5.96. The predicted octanol–water partition coefficient (Wildman–Crippen LogP) is 1.29. The SMILES string of the molecule is COCCOc1cc(C(=O)N(CC(=O)O)CC(C)C)ccn1. The molecule has 1 amide bonds. The van der Waals surface area contributed by atoms with Crippen LogP contribution in [-0.2, 0) is 9.53 Å². The largest absolute Gasteiger partial charge is 0.480 e. The Morgan fingerprint density at radius 3 is 2.68 bits per heavy atom. The van der Waals surface area contributed by atoms with Gasteiger partial charge in [-0.2, -0.15) is 0 Å². The molecule has 7 heteroatoms. The third-order valence-electron chi connectivity index (χ3n) is 2.72. The maximum absolute atomic E-state index is 12.5. The van der Waals surface area contributed by atoms with Crippen molar-refractivity contribution in [3.8, 4) is 5.88 Å². The molecule has 0 radical (unpaired) electrons. The quantitative estimate of drug-likeness (QED) is 0.691. The number of hydrogen-bond acceptors (Lipinski definition) is 5. The van der Waals surface area contributed by atoms with E-state index in [0.717, 1.165) is 0 Å². The fourth-order valence-corrected chi connectivity index (χ4v) is 1.86. The highest BCUT2D eigenvalue weighted by Gasteiger charge is 2.20. The van der Waals surface area contributed by atoms with E-state index < -0.39 is 5.97 Å². The van der Waals surface area contributed by atoms with Gasteiger partial charge in [0, 0.05) is 31.5 Å². The third-order valence-corrected chi connectivity index (χ3v) is 2.72. The molecule has 0 spiro atoms. The molecule has 0 aliphatic carbocycles. The standard InChI is InChI=1S/C15H22N2O5/c1-11(2)9-17(10-14(18)19)15(20)12-4-5-16-13(8-12)22-7-6-21-3/h4-5,8,11H,6-7,9-10H2,1-3H3,(H,18,19). The summed E-state index contributed by atoms with van der Waals surface area (Å²) in [5.74, 6) is -0.917. The highest BCUT2D eigenvalue weighted by atomic mass is 16.5. The lowest BCUT2D eigenvalue weighted by atomic mass is 10.1. The molecule has 122 valence electrons. The summed E-state index contributed by atoms with van der Waals surface area (Å²) in [6, 6.07) is 3.05. The van der Waals surface area contributed by atoms with Crippen LogP contribution in [0.4, 0.5) is 0 Å². The number of carbonyl (C=O) groups excluding carboxylic acids is 1. The van der Waals surface area contributed by atoms with E-state index >= 15 is 0 Å². The van der Waals surface area contributed by atoms with Crippen LogP contribution < -0.4 is 4.74 Å². The van der Waals surface area contributed by atoms with Gasteiger partial charge in [-0.1, -0.05) is 13.8 Å². The predicted molar refractivity (Wildman–Crippen MR) is 80.0 cm³/mol. The number of pyridine rings is 1. The molecule has 1 rings (SSSR count). The Balaban J connectivity index is 2.83. The summed E-state index contributed by atoms with van der Waals surface area (Å²) >= 11 is 0. The van der Waals surface area contributed by atoms with E-state index in [4.69, 9.17) is 14.6 Å². The number of methoxy groups -OCH3 is 1. The molecule has 0 aliphatic heterocycles. The van der Waals surface area contributed by atoms with E-state index in [1.54, 1.807) is 13.2 Å². The molecular formula is C15H22N2O5. The minimum atomic E-state index is -1.04. The van der Waals surface area contributed by atoms with Gasteiger partial charge in [0.05, 0.1) is 6.61 Å². The second-order valence-corrected chi connectivity index (χ2v) is 5.20. The fourth-order valence-electron chi connectivity index (χ4n) is 1.86. The number of amides is 1. The van der Waals surface area contributed by atoms with Crippen molar-refractivity contribution in [3.05, 3.63) is 23.9 Å². The van der Waals surface area contributed by atoms with Crippen LogP contribution in [0.2, 0.25) is 0 Å². The van der Waals surface area contributed by atoms with E-state index in [0.29, 0.717) is 31.2 Å². The Morgan fingerprint density at radius 1 is 1.36 bits per heavy atom. The van der Waals surface area contributed by atoms with Crippen molar-refractivity contribution < 1.29 is 24.2 Å². The normalized spacial score (nSPS) is 10.5. The summed E-state index contributed by atoms with van der Waals surface area (Å²) < 4.78 is 10.2. The monoisotopic (exact) mass is 310 g/mol. The smallest absolute Gasteiger partial charge is 0.323 e. The molecule has 1 aromatic rings. The molecule has 0 unspecified atom stereocenters. The van der Waals surface area contributed by atoms with Crippen LogP contribution in [-0.4, -0.2) is 60.3 Å². The maximum atomic E-state index is 12.5. The molecule has 0 saturated heterocycles. The van der Waals surface area contributed by atoms with Crippen molar-refractivity contribution in [2.45, 2.75) is 13.8 Å². The number of ether oxygens (including phenoxy) is 2. The van der Waals surface area contributed by atoms with Gasteiger partial charge in [-0.3, -0.25) is 9.59 Å².